The van der Waals surface area contributed by atoms with Gasteiger partial charge in [-0.1, -0.05) is 45.7 Å². The van der Waals surface area contributed by atoms with E-state index in [1.807, 2.05) is 0 Å². The van der Waals surface area contributed by atoms with Crippen LogP contribution in [0.15, 0.2) is 30.3 Å². The molecule has 0 unspecified atom stereocenters. The Hall–Kier alpha value is -0.940. The number of rotatable bonds is 4. The summed E-state index contributed by atoms with van der Waals surface area (Å²) in [4.78, 5) is 11.0. The highest BCUT2D eigenvalue weighted by Gasteiger charge is 2.38. The summed E-state index contributed by atoms with van der Waals surface area (Å²) in [6, 6.07) is 6.45. The number of carbonyl (C=O) groups is 1. The van der Waals surface area contributed by atoms with Crippen LogP contribution in [0, 0.1) is 0 Å². The Morgan fingerprint density at radius 1 is 1.50 bits per heavy atom. The Bertz CT molecular complexity index is 475. The van der Waals surface area contributed by atoms with Gasteiger partial charge in [0.15, 0.2) is 0 Å². The molecule has 1 rings (SSSR count). The van der Waals surface area contributed by atoms with E-state index >= 15 is 0 Å². The van der Waals surface area contributed by atoms with Crippen LogP contribution in [0.4, 0.5) is 8.78 Å². The van der Waals surface area contributed by atoms with Gasteiger partial charge in [0.1, 0.15) is 0 Å². The second-order valence-corrected chi connectivity index (χ2v) is 4.58. The monoisotopic (exact) mass is 338 g/mol. The third-order valence-corrected chi connectivity index (χ3v) is 2.97. The van der Waals surface area contributed by atoms with Crippen LogP contribution in [-0.2, 0) is 9.53 Å². The molecule has 0 aliphatic rings. The molecule has 0 N–H and O–H groups in total. The number of esters is 1. The predicted octanol–water partition coefficient (Wildman–Crippen LogP) is 4.27. The Balaban J connectivity index is 3.02. The Morgan fingerprint density at radius 2 is 2.11 bits per heavy atom. The van der Waals surface area contributed by atoms with Gasteiger partial charge in [0.25, 0.3) is 0 Å². The van der Waals surface area contributed by atoms with Crippen LogP contribution in [0.25, 0.3) is 4.48 Å². The molecule has 0 fully saturated rings. The second kappa shape index (κ2) is 6.29. The van der Waals surface area contributed by atoms with Gasteiger partial charge in [-0.2, -0.15) is 8.78 Å². The van der Waals surface area contributed by atoms with Gasteiger partial charge in [-0.3, -0.25) is 0 Å². The fourth-order valence-corrected chi connectivity index (χ4v) is 2.16. The van der Waals surface area contributed by atoms with Crippen molar-refractivity contribution in [2.24, 2.45) is 0 Å². The van der Waals surface area contributed by atoms with E-state index in [0.29, 0.717) is 16.7 Å². The number of ether oxygens (including phenoxy) is 1. The third-order valence-electron chi connectivity index (χ3n) is 1.99. The quantitative estimate of drug-likeness (QED) is 0.766. The molecular formula is C12H10BrClF2O2. The molecule has 0 aromatic heterocycles. The first-order chi connectivity index (χ1) is 8.38. The molecule has 98 valence electrons. The lowest BCUT2D eigenvalue weighted by Gasteiger charge is -2.11. The highest BCUT2D eigenvalue weighted by molar-refractivity contribution is 9.15. The van der Waals surface area contributed by atoms with Gasteiger partial charge in [-0.05, 0) is 13.0 Å². The van der Waals surface area contributed by atoms with Crippen LogP contribution < -0.4 is 0 Å². The number of benzene rings is 1. The molecule has 18 heavy (non-hydrogen) atoms. The first kappa shape index (κ1) is 15.1. The Kier molecular flexibility index (Phi) is 5.28. The molecule has 2 nitrogen and oxygen atoms in total. The van der Waals surface area contributed by atoms with Crippen LogP contribution in [0.2, 0.25) is 5.02 Å². The molecule has 1 aromatic carbocycles. The van der Waals surface area contributed by atoms with Crippen LogP contribution in [0.5, 0.6) is 0 Å². The van der Waals surface area contributed by atoms with E-state index in [4.69, 9.17) is 11.6 Å². The molecule has 0 spiro atoms. The minimum absolute atomic E-state index is 0.0335. The zero-order valence-corrected chi connectivity index (χ0v) is 11.8. The van der Waals surface area contributed by atoms with Crippen LogP contribution in [0.3, 0.4) is 0 Å². The molecule has 6 heteroatoms. The Morgan fingerprint density at radius 3 is 2.67 bits per heavy atom. The van der Waals surface area contributed by atoms with Gasteiger partial charge in [0.2, 0.25) is 0 Å². The number of hydrogen-bond acceptors (Lipinski definition) is 2. The van der Waals surface area contributed by atoms with E-state index < -0.39 is 11.9 Å². The van der Waals surface area contributed by atoms with E-state index in [9.17, 15) is 13.6 Å². The average Bonchev–Trinajstić information content (AvgIpc) is 2.29. The summed E-state index contributed by atoms with van der Waals surface area (Å²) < 4.78 is 31.2. The van der Waals surface area contributed by atoms with Gasteiger partial charge in [0, 0.05) is 21.1 Å². The molecule has 0 bridgehead atoms. The average molecular weight is 340 g/mol. The van der Waals surface area contributed by atoms with Gasteiger partial charge in [0.05, 0.1) is 6.61 Å². The second-order valence-electron chi connectivity index (χ2n) is 3.32. The van der Waals surface area contributed by atoms with E-state index in [1.54, 1.807) is 24.3 Å². The first-order valence-electron chi connectivity index (χ1n) is 5.06. The lowest BCUT2D eigenvalue weighted by molar-refractivity contribution is -0.164. The predicted molar refractivity (Wildman–Crippen MR) is 69.9 cm³/mol. The largest absolute Gasteiger partial charge is 0.461 e. The van der Waals surface area contributed by atoms with Gasteiger partial charge < -0.3 is 4.74 Å². The molecule has 0 aliphatic carbocycles. The van der Waals surface area contributed by atoms with E-state index in [2.05, 4.69) is 20.7 Å². The number of hydrogen-bond donors (Lipinski definition) is 0. The smallest absolute Gasteiger partial charge is 0.381 e. The SMILES string of the molecule is CCOC(=O)C(F)(F)/C=C(/Br)c1ccccc1Cl. The summed E-state index contributed by atoms with van der Waals surface area (Å²) >= 11 is 8.84. The molecular weight excluding hydrogens is 329 g/mol. The minimum Gasteiger partial charge on any atom is -0.461 e. The highest BCUT2D eigenvalue weighted by atomic mass is 79.9. The van der Waals surface area contributed by atoms with Crippen molar-refractivity contribution in [1.82, 2.24) is 0 Å². The van der Waals surface area contributed by atoms with Crippen molar-refractivity contribution in [1.29, 1.82) is 0 Å². The summed E-state index contributed by atoms with van der Waals surface area (Å²) in [7, 11) is 0. The maximum atomic E-state index is 13.4. The summed E-state index contributed by atoms with van der Waals surface area (Å²) in [5, 5.41) is 0.306. The molecule has 1 aromatic rings. The van der Waals surface area contributed by atoms with Crippen molar-refractivity contribution in [2.45, 2.75) is 12.8 Å². The number of alkyl halides is 2. The summed E-state index contributed by atoms with van der Waals surface area (Å²) in [5.41, 5.74) is 0.378. The molecule has 0 atom stereocenters. The summed E-state index contributed by atoms with van der Waals surface area (Å²) in [6.45, 7) is 1.35. The third kappa shape index (κ3) is 3.78. The van der Waals surface area contributed by atoms with Crippen LogP contribution in [-0.4, -0.2) is 18.5 Å². The molecule has 0 saturated carbocycles. The molecule has 0 aliphatic heterocycles. The first-order valence-corrected chi connectivity index (χ1v) is 6.24. The zero-order valence-electron chi connectivity index (χ0n) is 9.42. The van der Waals surface area contributed by atoms with Gasteiger partial charge in [-0.15, -0.1) is 0 Å². The lowest BCUT2D eigenvalue weighted by Crippen LogP contribution is -2.28. The zero-order chi connectivity index (χ0) is 13.8. The fourth-order valence-electron chi connectivity index (χ4n) is 1.18. The number of halogens is 4. The van der Waals surface area contributed by atoms with Gasteiger partial charge in [-0.25, -0.2) is 4.79 Å². The molecule has 0 amide bonds. The Labute approximate surface area is 117 Å². The van der Waals surface area contributed by atoms with Crippen molar-refractivity contribution in [3.8, 4) is 0 Å². The van der Waals surface area contributed by atoms with Crippen molar-refractivity contribution in [2.75, 3.05) is 6.61 Å². The molecule has 0 saturated heterocycles. The van der Waals surface area contributed by atoms with Crippen LogP contribution >= 0.6 is 27.5 Å². The van der Waals surface area contributed by atoms with Crippen molar-refractivity contribution >= 4 is 38.0 Å². The normalized spacial score (nSPS) is 12.4. The van der Waals surface area contributed by atoms with Crippen LogP contribution in [0.1, 0.15) is 12.5 Å². The maximum Gasteiger partial charge on any atom is 0.381 e. The summed E-state index contributed by atoms with van der Waals surface area (Å²) in [5.74, 6) is -5.29. The van der Waals surface area contributed by atoms with E-state index in [-0.39, 0.29) is 11.1 Å². The molecule has 0 heterocycles. The number of carbonyl (C=O) groups excluding carboxylic acids is 1. The fraction of sp³-hybridized carbons (Fsp3) is 0.250. The summed E-state index contributed by atoms with van der Waals surface area (Å²) in [6.07, 6.45) is 0.478. The van der Waals surface area contributed by atoms with E-state index in [1.165, 1.54) is 6.92 Å². The minimum atomic E-state index is -3.70. The van der Waals surface area contributed by atoms with Crippen molar-refractivity contribution in [3.05, 3.63) is 40.9 Å². The van der Waals surface area contributed by atoms with Crippen molar-refractivity contribution in [3.63, 3.8) is 0 Å². The van der Waals surface area contributed by atoms with Crippen molar-refractivity contribution < 1.29 is 18.3 Å². The highest BCUT2D eigenvalue weighted by Crippen LogP contribution is 2.32. The maximum absolute atomic E-state index is 13.4. The lowest BCUT2D eigenvalue weighted by atomic mass is 10.2. The van der Waals surface area contributed by atoms with Gasteiger partial charge >= 0.3 is 11.9 Å². The topological polar surface area (TPSA) is 26.3 Å². The standard InChI is InChI=1S/C12H10BrClF2O2/c1-2-18-11(17)12(15,16)7-9(13)8-5-3-4-6-10(8)14/h3-7H,2H2,1H3/b9-7+. The van der Waals surface area contributed by atoms with E-state index in [0.717, 1.165) is 0 Å². The molecule has 0 radical (unpaired) electrons.